The largest absolute Gasteiger partial charge is 0.367 e. The summed E-state index contributed by atoms with van der Waals surface area (Å²) in [4.78, 5) is 27.1. The molecule has 1 fully saturated rings. The second kappa shape index (κ2) is 7.11. The minimum absolute atomic E-state index is 0.179. The van der Waals surface area contributed by atoms with Crippen LogP contribution in [0.1, 0.15) is 38.5 Å². The maximum Gasteiger partial charge on any atom is 0.274 e. The van der Waals surface area contributed by atoms with Gasteiger partial charge in [0, 0.05) is 12.6 Å². The number of hydrogen-bond donors (Lipinski definition) is 1. The Balaban J connectivity index is 1.46. The Labute approximate surface area is 174 Å². The smallest absolute Gasteiger partial charge is 0.274 e. The summed E-state index contributed by atoms with van der Waals surface area (Å²) in [6.07, 6.45) is 1.79. The molecule has 7 heteroatoms. The summed E-state index contributed by atoms with van der Waals surface area (Å²) < 4.78 is 7.64. The number of nitrogens with zero attached hydrogens (tertiary/aromatic N) is 3. The minimum atomic E-state index is -0.631. The fourth-order valence-corrected chi connectivity index (χ4v) is 4.51. The average molecular weight is 402 g/mol. The van der Waals surface area contributed by atoms with Gasteiger partial charge in [-0.1, -0.05) is 42.5 Å². The van der Waals surface area contributed by atoms with Crippen LogP contribution in [0.3, 0.4) is 0 Å². The van der Waals surface area contributed by atoms with E-state index < -0.39 is 11.5 Å². The molecule has 0 bridgehead atoms. The number of fused-ring (bicyclic) bond motifs is 2. The molecule has 1 saturated heterocycles. The lowest BCUT2D eigenvalue weighted by molar-refractivity contribution is -0.104. The van der Waals surface area contributed by atoms with Crippen LogP contribution in [-0.4, -0.2) is 46.2 Å². The van der Waals surface area contributed by atoms with Crippen molar-refractivity contribution < 1.29 is 14.3 Å². The number of morpholine rings is 1. The third kappa shape index (κ3) is 2.98. The van der Waals surface area contributed by atoms with Crippen LogP contribution in [-0.2, 0) is 16.8 Å². The van der Waals surface area contributed by atoms with E-state index in [2.05, 4.69) is 17.2 Å². The van der Waals surface area contributed by atoms with Crippen molar-refractivity contribution in [1.29, 1.82) is 0 Å². The van der Waals surface area contributed by atoms with E-state index in [0.29, 0.717) is 25.4 Å². The molecule has 0 saturated carbocycles. The number of hydrogen-bond acceptors (Lipinski definition) is 4. The van der Waals surface area contributed by atoms with E-state index in [1.54, 1.807) is 4.90 Å². The monoisotopic (exact) mass is 402 g/mol. The molecule has 2 N–H and O–H groups in total. The molecule has 2 amide bonds. The number of primary amides is 1. The summed E-state index contributed by atoms with van der Waals surface area (Å²) >= 11 is 0. The summed E-state index contributed by atoms with van der Waals surface area (Å²) in [7, 11) is 0. The molecule has 2 heterocycles. The highest BCUT2D eigenvalue weighted by Gasteiger charge is 2.44. The van der Waals surface area contributed by atoms with Gasteiger partial charge < -0.3 is 15.4 Å². The van der Waals surface area contributed by atoms with Gasteiger partial charge in [0.2, 0.25) is 0 Å². The highest BCUT2D eigenvalue weighted by molar-refractivity contribution is 5.97. The van der Waals surface area contributed by atoms with Gasteiger partial charge in [-0.3, -0.25) is 9.59 Å². The lowest BCUT2D eigenvalue weighted by Gasteiger charge is -2.41. The van der Waals surface area contributed by atoms with Crippen molar-refractivity contribution in [3.8, 4) is 5.69 Å². The van der Waals surface area contributed by atoms with Gasteiger partial charge in [0.15, 0.2) is 5.69 Å². The van der Waals surface area contributed by atoms with Gasteiger partial charge in [0.1, 0.15) is 11.3 Å². The number of amides is 2. The lowest BCUT2D eigenvalue weighted by atomic mass is 9.93. The molecule has 2 aromatic carbocycles. The molecule has 2 aliphatic rings. The Hall–Kier alpha value is -3.45. The third-order valence-electron chi connectivity index (χ3n) is 5.96. The molecule has 152 valence electrons. The topological polar surface area (TPSA) is 90.5 Å². The van der Waals surface area contributed by atoms with Gasteiger partial charge in [-0.05, 0) is 36.1 Å². The fraction of sp³-hybridized carbons (Fsp3) is 0.261. The van der Waals surface area contributed by atoms with Gasteiger partial charge in [0.05, 0.1) is 18.8 Å². The molecule has 30 heavy (non-hydrogen) atoms. The molecule has 1 aliphatic heterocycles. The van der Waals surface area contributed by atoms with Crippen LogP contribution in [0.4, 0.5) is 0 Å². The number of carbonyl (C=O) groups is 2. The highest BCUT2D eigenvalue weighted by atomic mass is 16.5. The molecule has 7 nitrogen and oxygen atoms in total. The van der Waals surface area contributed by atoms with Crippen molar-refractivity contribution in [2.45, 2.75) is 18.4 Å². The highest BCUT2D eigenvalue weighted by Crippen LogP contribution is 2.42. The fourth-order valence-electron chi connectivity index (χ4n) is 4.51. The summed E-state index contributed by atoms with van der Waals surface area (Å²) in [5.74, 6) is -0.854. The van der Waals surface area contributed by atoms with Crippen LogP contribution in [0.5, 0.6) is 0 Å². The predicted molar refractivity (Wildman–Crippen MR) is 110 cm³/mol. The molecule has 1 aromatic heterocycles. The predicted octanol–water partition coefficient (Wildman–Crippen LogP) is 2.29. The molecule has 1 atom stereocenters. The van der Waals surface area contributed by atoms with Crippen LogP contribution in [0, 0.1) is 0 Å². The van der Waals surface area contributed by atoms with Crippen LogP contribution in [0.25, 0.3) is 5.69 Å². The van der Waals surface area contributed by atoms with E-state index in [4.69, 9.17) is 10.5 Å². The zero-order chi connectivity index (χ0) is 20.7. The zero-order valence-electron chi connectivity index (χ0n) is 16.5. The van der Waals surface area contributed by atoms with Crippen LogP contribution < -0.4 is 5.73 Å². The molecule has 5 rings (SSSR count). The average Bonchev–Trinajstić information content (AvgIpc) is 3.37. The van der Waals surface area contributed by atoms with Gasteiger partial charge in [-0.2, -0.15) is 5.10 Å². The quantitative estimate of drug-likeness (QED) is 0.728. The van der Waals surface area contributed by atoms with Gasteiger partial charge in [-0.25, -0.2) is 4.68 Å². The van der Waals surface area contributed by atoms with Crippen molar-refractivity contribution in [2.75, 3.05) is 19.7 Å². The first-order valence-corrected chi connectivity index (χ1v) is 10.0. The van der Waals surface area contributed by atoms with Crippen molar-refractivity contribution in [3.63, 3.8) is 0 Å². The maximum atomic E-state index is 13.3. The summed E-state index contributed by atoms with van der Waals surface area (Å²) in [5.41, 5.74) is 8.57. The van der Waals surface area contributed by atoms with Crippen LogP contribution in [0.15, 0.2) is 60.7 Å². The zero-order valence-corrected chi connectivity index (χ0v) is 16.5. The number of carbonyl (C=O) groups excluding carboxylic acids is 2. The number of aryl methyl sites for hydroxylation is 1. The van der Waals surface area contributed by atoms with Crippen molar-refractivity contribution in [3.05, 3.63) is 83.2 Å². The molecule has 3 aromatic rings. The Bertz CT molecular complexity index is 1120. The van der Waals surface area contributed by atoms with Crippen LogP contribution >= 0.6 is 0 Å². The normalized spacial score (nSPS) is 20.3. The van der Waals surface area contributed by atoms with Crippen LogP contribution in [0.2, 0.25) is 0 Å². The molecule has 1 spiro atoms. The number of benzene rings is 2. The van der Waals surface area contributed by atoms with Crippen molar-refractivity contribution in [1.82, 2.24) is 14.7 Å². The molecular formula is C23H22N4O3. The van der Waals surface area contributed by atoms with Gasteiger partial charge >= 0.3 is 0 Å². The number of aromatic nitrogens is 2. The first-order valence-electron chi connectivity index (χ1n) is 10.0. The molecule has 1 aliphatic carbocycles. The van der Waals surface area contributed by atoms with E-state index in [1.807, 2.05) is 42.5 Å². The number of para-hydroxylation sites is 1. The lowest BCUT2D eigenvalue weighted by Crippen LogP contribution is -2.51. The summed E-state index contributed by atoms with van der Waals surface area (Å²) in [6, 6.07) is 18.9. The minimum Gasteiger partial charge on any atom is -0.367 e. The van der Waals surface area contributed by atoms with Gasteiger partial charge in [-0.15, -0.1) is 0 Å². The van der Waals surface area contributed by atoms with Gasteiger partial charge in [0.25, 0.3) is 11.8 Å². The van der Waals surface area contributed by atoms with E-state index in [-0.39, 0.29) is 17.3 Å². The second-order valence-corrected chi connectivity index (χ2v) is 7.75. The molecule has 1 unspecified atom stereocenters. The number of ether oxygens (including phenoxy) is 1. The SMILES string of the molecule is NC(=O)c1cc(C(=O)N2CCOC3(CCc4ccccc43)C2)nn1-c1ccccc1. The Morgan fingerprint density at radius 1 is 1.07 bits per heavy atom. The maximum absolute atomic E-state index is 13.3. The number of rotatable bonds is 3. The Morgan fingerprint density at radius 2 is 1.83 bits per heavy atom. The first kappa shape index (κ1) is 18.6. The number of nitrogens with two attached hydrogens (primary N) is 1. The third-order valence-corrected chi connectivity index (χ3v) is 5.96. The van der Waals surface area contributed by atoms with E-state index in [1.165, 1.54) is 16.3 Å². The van der Waals surface area contributed by atoms with E-state index in [9.17, 15) is 9.59 Å². The molecular weight excluding hydrogens is 380 g/mol. The van der Waals surface area contributed by atoms with E-state index in [0.717, 1.165) is 18.4 Å². The Morgan fingerprint density at radius 3 is 2.63 bits per heavy atom. The molecule has 0 radical (unpaired) electrons. The van der Waals surface area contributed by atoms with E-state index >= 15 is 0 Å². The van der Waals surface area contributed by atoms with Crippen molar-refractivity contribution in [2.24, 2.45) is 5.73 Å². The summed E-state index contributed by atoms with van der Waals surface area (Å²) in [5, 5.41) is 4.42. The van der Waals surface area contributed by atoms with Crippen molar-refractivity contribution >= 4 is 11.8 Å². The second-order valence-electron chi connectivity index (χ2n) is 7.75. The standard InChI is InChI=1S/C23H22N4O3/c24-21(28)20-14-19(25-27(20)17-7-2-1-3-8-17)22(29)26-12-13-30-23(15-26)11-10-16-6-4-5-9-18(16)23/h1-9,14H,10-13,15H2,(H2,24,28). The first-order chi connectivity index (χ1) is 14.6. The Kier molecular flexibility index (Phi) is 4.40. The summed E-state index contributed by atoms with van der Waals surface area (Å²) in [6.45, 7) is 1.40.